The van der Waals surface area contributed by atoms with E-state index in [0.29, 0.717) is 19.6 Å². The Bertz CT molecular complexity index is 891. The molecule has 30 heavy (non-hydrogen) atoms. The molecule has 160 valence electrons. The minimum Gasteiger partial charge on any atom is -0.368 e. The highest BCUT2D eigenvalue weighted by Gasteiger charge is 2.33. The molecule has 1 N–H and O–H groups in total. The zero-order chi connectivity index (χ0) is 21.1. The number of amides is 2. The first-order valence-corrected chi connectivity index (χ1v) is 11.5. The number of rotatable bonds is 5. The number of anilines is 1. The summed E-state index contributed by atoms with van der Waals surface area (Å²) in [5, 5.41) is 4.98. The van der Waals surface area contributed by atoms with E-state index in [4.69, 9.17) is 0 Å². The lowest BCUT2D eigenvalue weighted by molar-refractivity contribution is -0.139. The van der Waals surface area contributed by atoms with Crippen molar-refractivity contribution in [2.45, 2.75) is 32.9 Å². The summed E-state index contributed by atoms with van der Waals surface area (Å²) in [4.78, 5) is 33.2. The largest absolute Gasteiger partial charge is 0.368 e. The molecule has 2 amide bonds. The Balaban J connectivity index is 1.35. The molecule has 2 aromatic rings. The van der Waals surface area contributed by atoms with Gasteiger partial charge in [-0.15, -0.1) is 11.3 Å². The number of hydrogen-bond donors (Lipinski definition) is 1. The minimum atomic E-state index is -0.384. The lowest BCUT2D eigenvalue weighted by atomic mass is 10.1. The van der Waals surface area contributed by atoms with Gasteiger partial charge in [-0.05, 0) is 36.9 Å². The Morgan fingerprint density at radius 3 is 2.63 bits per heavy atom. The van der Waals surface area contributed by atoms with Gasteiger partial charge in [-0.3, -0.25) is 14.5 Å². The maximum Gasteiger partial charge on any atom is 0.237 e. The quantitative estimate of drug-likeness (QED) is 0.798. The lowest BCUT2D eigenvalue weighted by Gasteiger charge is -2.39. The van der Waals surface area contributed by atoms with Gasteiger partial charge >= 0.3 is 0 Å². The highest BCUT2D eigenvalue weighted by atomic mass is 32.1. The number of aryl methyl sites for hydroxylation is 2. The van der Waals surface area contributed by atoms with Crippen LogP contribution in [0.2, 0.25) is 0 Å². The number of benzene rings is 1. The van der Waals surface area contributed by atoms with Gasteiger partial charge < -0.3 is 15.1 Å². The summed E-state index contributed by atoms with van der Waals surface area (Å²) in [7, 11) is 0. The summed E-state index contributed by atoms with van der Waals surface area (Å²) in [6, 6.07) is 10.3. The molecule has 0 saturated carbocycles. The Morgan fingerprint density at radius 2 is 1.93 bits per heavy atom. The van der Waals surface area contributed by atoms with E-state index in [-0.39, 0.29) is 24.3 Å². The van der Waals surface area contributed by atoms with Gasteiger partial charge in [0.15, 0.2) is 0 Å². The molecule has 2 aliphatic rings. The molecule has 0 unspecified atom stereocenters. The van der Waals surface area contributed by atoms with Crippen LogP contribution in [0.25, 0.3) is 0 Å². The van der Waals surface area contributed by atoms with E-state index in [2.05, 4.69) is 58.6 Å². The Labute approximate surface area is 182 Å². The van der Waals surface area contributed by atoms with Crippen LogP contribution < -0.4 is 10.2 Å². The zero-order valence-corrected chi connectivity index (χ0v) is 18.6. The maximum absolute atomic E-state index is 13.0. The predicted octanol–water partition coefficient (Wildman–Crippen LogP) is 2.40. The van der Waals surface area contributed by atoms with Gasteiger partial charge in [0, 0.05) is 56.4 Å². The van der Waals surface area contributed by atoms with Gasteiger partial charge in [0.25, 0.3) is 0 Å². The molecule has 1 aromatic heterocycles. The molecule has 6 nitrogen and oxygen atoms in total. The van der Waals surface area contributed by atoms with Crippen LogP contribution in [0, 0.1) is 13.8 Å². The number of carbonyl (C=O) groups is 2. The fourth-order valence-electron chi connectivity index (χ4n) is 4.43. The SMILES string of the molecule is Cc1ccc(N2CCN(C(=O)C[C@@H]3C(=O)NCCN3Cc3cccs3)CC2)c(C)c1. The molecule has 0 spiro atoms. The summed E-state index contributed by atoms with van der Waals surface area (Å²) >= 11 is 1.69. The van der Waals surface area contributed by atoms with Gasteiger partial charge in [0.2, 0.25) is 11.8 Å². The number of carbonyl (C=O) groups excluding carboxylic acids is 2. The van der Waals surface area contributed by atoms with E-state index in [9.17, 15) is 9.59 Å². The van der Waals surface area contributed by atoms with Crippen molar-refractivity contribution in [1.82, 2.24) is 15.1 Å². The van der Waals surface area contributed by atoms with Crippen molar-refractivity contribution in [3.8, 4) is 0 Å². The Morgan fingerprint density at radius 1 is 1.13 bits per heavy atom. The monoisotopic (exact) mass is 426 g/mol. The molecule has 0 radical (unpaired) electrons. The molecular weight excluding hydrogens is 396 g/mol. The van der Waals surface area contributed by atoms with Crippen molar-refractivity contribution in [2.24, 2.45) is 0 Å². The fourth-order valence-corrected chi connectivity index (χ4v) is 5.16. The number of piperazine rings is 2. The van der Waals surface area contributed by atoms with E-state index in [0.717, 1.165) is 26.2 Å². The average Bonchev–Trinajstić information content (AvgIpc) is 3.24. The molecule has 0 bridgehead atoms. The molecule has 2 aliphatic heterocycles. The lowest BCUT2D eigenvalue weighted by Crippen LogP contribution is -2.57. The van der Waals surface area contributed by atoms with Crippen molar-refractivity contribution in [3.63, 3.8) is 0 Å². The molecule has 1 atom stereocenters. The third-order valence-corrected chi connectivity index (χ3v) is 6.94. The number of hydrogen-bond acceptors (Lipinski definition) is 5. The van der Waals surface area contributed by atoms with Crippen LogP contribution in [0.3, 0.4) is 0 Å². The first-order valence-electron chi connectivity index (χ1n) is 10.7. The predicted molar refractivity (Wildman–Crippen MR) is 121 cm³/mol. The molecule has 0 aliphatic carbocycles. The molecule has 7 heteroatoms. The van der Waals surface area contributed by atoms with Crippen molar-refractivity contribution < 1.29 is 9.59 Å². The molecule has 4 rings (SSSR count). The molecule has 1 aromatic carbocycles. The van der Waals surface area contributed by atoms with E-state index in [1.165, 1.54) is 21.7 Å². The number of thiophene rings is 1. The van der Waals surface area contributed by atoms with E-state index < -0.39 is 0 Å². The van der Waals surface area contributed by atoms with Crippen molar-refractivity contribution in [3.05, 3.63) is 51.7 Å². The summed E-state index contributed by atoms with van der Waals surface area (Å²) in [6.45, 7) is 9.45. The van der Waals surface area contributed by atoms with Gasteiger partial charge in [-0.25, -0.2) is 0 Å². The fraction of sp³-hybridized carbons (Fsp3) is 0.478. The van der Waals surface area contributed by atoms with Crippen LogP contribution in [-0.4, -0.2) is 66.9 Å². The van der Waals surface area contributed by atoms with Crippen molar-refractivity contribution in [2.75, 3.05) is 44.2 Å². The molecule has 2 fully saturated rings. The van der Waals surface area contributed by atoms with E-state index >= 15 is 0 Å². The normalized spacial score (nSPS) is 20.3. The first-order chi connectivity index (χ1) is 14.5. The van der Waals surface area contributed by atoms with Gasteiger partial charge in [-0.1, -0.05) is 23.8 Å². The van der Waals surface area contributed by atoms with Crippen LogP contribution in [0.5, 0.6) is 0 Å². The van der Waals surface area contributed by atoms with Gasteiger partial charge in [0.1, 0.15) is 0 Å². The Hall–Kier alpha value is -2.38. The number of nitrogens with one attached hydrogen (secondary N) is 1. The third-order valence-electron chi connectivity index (χ3n) is 6.07. The number of nitrogens with zero attached hydrogens (tertiary/aromatic N) is 3. The summed E-state index contributed by atoms with van der Waals surface area (Å²) in [5.41, 5.74) is 3.79. The van der Waals surface area contributed by atoms with Crippen LogP contribution in [-0.2, 0) is 16.1 Å². The first kappa shape index (κ1) is 20.9. The second kappa shape index (κ2) is 9.18. The maximum atomic E-state index is 13.0. The second-order valence-electron chi connectivity index (χ2n) is 8.22. The zero-order valence-electron chi connectivity index (χ0n) is 17.8. The summed E-state index contributed by atoms with van der Waals surface area (Å²) in [5.74, 6) is 0.0496. The van der Waals surface area contributed by atoms with Crippen LogP contribution in [0.1, 0.15) is 22.4 Å². The highest BCUT2D eigenvalue weighted by molar-refractivity contribution is 7.09. The summed E-state index contributed by atoms with van der Waals surface area (Å²) in [6.07, 6.45) is 0.251. The topological polar surface area (TPSA) is 55.9 Å². The van der Waals surface area contributed by atoms with Crippen LogP contribution in [0.15, 0.2) is 35.7 Å². The van der Waals surface area contributed by atoms with Crippen LogP contribution >= 0.6 is 11.3 Å². The second-order valence-corrected chi connectivity index (χ2v) is 9.25. The summed E-state index contributed by atoms with van der Waals surface area (Å²) < 4.78 is 0. The van der Waals surface area contributed by atoms with Crippen molar-refractivity contribution >= 4 is 28.8 Å². The van der Waals surface area contributed by atoms with Gasteiger partial charge in [-0.2, -0.15) is 0 Å². The Kier molecular flexibility index (Phi) is 6.39. The smallest absolute Gasteiger partial charge is 0.237 e. The molecule has 2 saturated heterocycles. The highest BCUT2D eigenvalue weighted by Crippen LogP contribution is 2.23. The average molecular weight is 427 g/mol. The molecule has 3 heterocycles. The minimum absolute atomic E-state index is 0.0277. The van der Waals surface area contributed by atoms with Crippen LogP contribution in [0.4, 0.5) is 5.69 Å². The third kappa shape index (κ3) is 4.68. The van der Waals surface area contributed by atoms with E-state index in [1.54, 1.807) is 11.3 Å². The molecular formula is C23H30N4O2S. The van der Waals surface area contributed by atoms with Crippen molar-refractivity contribution in [1.29, 1.82) is 0 Å². The van der Waals surface area contributed by atoms with E-state index in [1.807, 2.05) is 11.0 Å². The van der Waals surface area contributed by atoms with Gasteiger partial charge in [0.05, 0.1) is 12.5 Å². The standard InChI is InChI=1S/C23H30N4O2S/c1-17-5-6-20(18(2)14-17)25-9-11-26(12-10-25)22(28)15-21-23(29)24-7-8-27(21)16-19-4-3-13-30-19/h3-6,13-14,21H,7-12,15-16H2,1-2H3,(H,24,29)/t21-/m1/s1.